The number of halogens is 1. The first-order valence-electron chi connectivity index (χ1n) is 13.8. The largest absolute Gasteiger partial charge is 0.381 e. The van der Waals surface area contributed by atoms with E-state index in [9.17, 15) is 0 Å². The van der Waals surface area contributed by atoms with Gasteiger partial charge in [0, 0.05) is 65.1 Å². The maximum Gasteiger partial charge on any atom is 0.227 e. The fourth-order valence-corrected chi connectivity index (χ4v) is 5.91. The summed E-state index contributed by atoms with van der Waals surface area (Å²) in [6.07, 6.45) is 3.82. The van der Waals surface area contributed by atoms with Gasteiger partial charge in [-0.3, -0.25) is 4.40 Å². The maximum atomic E-state index is 6.04. The summed E-state index contributed by atoms with van der Waals surface area (Å²) >= 11 is 7.64. The Morgan fingerprint density at radius 2 is 1.74 bits per heavy atom. The molecule has 42 heavy (non-hydrogen) atoms. The minimum absolute atomic E-state index is 0.529. The van der Waals surface area contributed by atoms with E-state index in [-0.39, 0.29) is 0 Å². The highest BCUT2D eigenvalue weighted by molar-refractivity contribution is 7.15. The molecule has 6 aromatic rings. The lowest BCUT2D eigenvalue weighted by Gasteiger charge is -2.28. The highest BCUT2D eigenvalue weighted by Gasteiger charge is 2.19. The number of fused-ring (bicyclic) bond motifs is 1. The molecule has 0 radical (unpaired) electrons. The summed E-state index contributed by atoms with van der Waals surface area (Å²) in [7, 11) is 0. The van der Waals surface area contributed by atoms with Gasteiger partial charge in [-0.15, -0.1) is 11.3 Å². The van der Waals surface area contributed by atoms with Crippen molar-refractivity contribution in [2.75, 3.05) is 41.8 Å². The minimum Gasteiger partial charge on any atom is -0.381 e. The van der Waals surface area contributed by atoms with Gasteiger partial charge in [0.2, 0.25) is 5.95 Å². The molecule has 4 heterocycles. The summed E-state index contributed by atoms with van der Waals surface area (Å²) < 4.78 is 7.57. The molecule has 7 rings (SSSR count). The zero-order valence-electron chi connectivity index (χ0n) is 22.7. The number of imidazole rings is 1. The van der Waals surface area contributed by atoms with Crippen molar-refractivity contribution in [1.82, 2.24) is 19.4 Å². The molecule has 0 unspecified atom stereocenters. The summed E-state index contributed by atoms with van der Waals surface area (Å²) in [6, 6.07) is 26.5. The van der Waals surface area contributed by atoms with Crippen LogP contribution in [0, 0.1) is 0 Å². The van der Waals surface area contributed by atoms with E-state index < -0.39 is 0 Å². The Kier molecular flexibility index (Phi) is 7.44. The third kappa shape index (κ3) is 5.67. The van der Waals surface area contributed by atoms with Crippen molar-refractivity contribution in [1.29, 1.82) is 0 Å². The molecule has 0 spiro atoms. The summed E-state index contributed by atoms with van der Waals surface area (Å²) in [5.74, 6) is 0.529. The molecule has 0 amide bonds. The molecule has 0 bridgehead atoms. The van der Waals surface area contributed by atoms with Gasteiger partial charge in [-0.2, -0.15) is 0 Å². The quantitative estimate of drug-likeness (QED) is 0.191. The van der Waals surface area contributed by atoms with Crippen molar-refractivity contribution in [3.05, 3.63) is 107 Å². The van der Waals surface area contributed by atoms with Gasteiger partial charge in [0.15, 0.2) is 4.96 Å². The standard InChI is InChI=1S/C32H28ClN7OS/c33-24-6-4-22(5-7-24)21-35-26-3-1-2-23(20-26)29-30(40-16-19-42-32(40)38-29)28-12-13-34-31(37-28)36-25-8-10-27(11-9-25)39-14-17-41-18-15-39/h1-13,16,19-20,35H,14-15,17-18,21H2,(H,34,36,37). The third-order valence-electron chi connectivity index (χ3n) is 7.21. The van der Waals surface area contributed by atoms with E-state index in [0.29, 0.717) is 12.5 Å². The topological polar surface area (TPSA) is 79.6 Å². The number of thiazole rings is 1. The second-order valence-corrected chi connectivity index (χ2v) is 11.3. The lowest BCUT2D eigenvalue weighted by Crippen LogP contribution is -2.36. The van der Waals surface area contributed by atoms with E-state index in [4.69, 9.17) is 26.3 Å². The molecule has 1 fully saturated rings. The van der Waals surface area contributed by atoms with Crippen LogP contribution in [-0.2, 0) is 11.3 Å². The molecule has 0 aliphatic carbocycles. The zero-order chi connectivity index (χ0) is 28.3. The van der Waals surface area contributed by atoms with Crippen LogP contribution in [0.2, 0.25) is 5.02 Å². The predicted octanol–water partition coefficient (Wildman–Crippen LogP) is 7.37. The summed E-state index contributed by atoms with van der Waals surface area (Å²) in [6.45, 7) is 4.03. The van der Waals surface area contributed by atoms with Gasteiger partial charge >= 0.3 is 0 Å². The number of anilines is 4. The van der Waals surface area contributed by atoms with Crippen LogP contribution in [-0.4, -0.2) is 45.7 Å². The first kappa shape index (κ1) is 26.5. The van der Waals surface area contributed by atoms with Crippen LogP contribution < -0.4 is 15.5 Å². The van der Waals surface area contributed by atoms with E-state index in [1.54, 1.807) is 17.5 Å². The van der Waals surface area contributed by atoms with Gasteiger partial charge in [0.05, 0.1) is 24.6 Å². The minimum atomic E-state index is 0.529. The Morgan fingerprint density at radius 3 is 2.57 bits per heavy atom. The number of nitrogens with zero attached hydrogens (tertiary/aromatic N) is 5. The molecule has 2 N–H and O–H groups in total. The van der Waals surface area contributed by atoms with Crippen LogP contribution in [0.5, 0.6) is 0 Å². The fourth-order valence-electron chi connectivity index (χ4n) is 5.07. The van der Waals surface area contributed by atoms with E-state index in [1.165, 1.54) is 5.69 Å². The molecule has 1 aliphatic heterocycles. The Hall–Kier alpha value is -4.44. The van der Waals surface area contributed by atoms with Gasteiger partial charge in [-0.1, -0.05) is 35.9 Å². The maximum absolute atomic E-state index is 6.04. The zero-order valence-corrected chi connectivity index (χ0v) is 24.3. The van der Waals surface area contributed by atoms with Crippen LogP contribution in [0.1, 0.15) is 5.56 Å². The number of ether oxygens (including phenoxy) is 1. The molecular weight excluding hydrogens is 566 g/mol. The molecular formula is C32H28ClN7OS. The normalized spacial score (nSPS) is 13.4. The van der Waals surface area contributed by atoms with Gasteiger partial charge in [-0.05, 0) is 60.2 Å². The lowest BCUT2D eigenvalue weighted by molar-refractivity contribution is 0.122. The number of hydrogen-bond donors (Lipinski definition) is 2. The molecule has 210 valence electrons. The van der Waals surface area contributed by atoms with Gasteiger partial charge in [-0.25, -0.2) is 15.0 Å². The second kappa shape index (κ2) is 11.8. The Balaban J connectivity index is 1.15. The Morgan fingerprint density at radius 1 is 0.905 bits per heavy atom. The number of benzene rings is 3. The van der Waals surface area contributed by atoms with E-state index >= 15 is 0 Å². The summed E-state index contributed by atoms with van der Waals surface area (Å²) in [4.78, 5) is 17.7. The molecule has 8 nitrogen and oxygen atoms in total. The SMILES string of the molecule is Clc1ccc(CNc2cccc(-c3nc4sccn4c3-c3ccnc(Nc4ccc(N5CCOCC5)cc4)n3)c2)cc1. The van der Waals surface area contributed by atoms with Crippen LogP contribution in [0.15, 0.2) is 96.6 Å². The monoisotopic (exact) mass is 593 g/mol. The third-order valence-corrected chi connectivity index (χ3v) is 8.21. The van der Waals surface area contributed by atoms with E-state index in [1.807, 2.05) is 48.0 Å². The first-order chi connectivity index (χ1) is 20.7. The first-order valence-corrected chi connectivity index (χ1v) is 15.0. The molecule has 1 saturated heterocycles. The van der Waals surface area contributed by atoms with Gasteiger partial charge in [0.25, 0.3) is 0 Å². The Labute approximate surface area is 252 Å². The smallest absolute Gasteiger partial charge is 0.227 e. The van der Waals surface area contributed by atoms with Crippen LogP contribution in [0.4, 0.5) is 23.0 Å². The highest BCUT2D eigenvalue weighted by atomic mass is 35.5. The number of morpholine rings is 1. The highest BCUT2D eigenvalue weighted by Crippen LogP contribution is 2.35. The average Bonchev–Trinajstić information content (AvgIpc) is 3.64. The summed E-state index contributed by atoms with van der Waals surface area (Å²) in [5.41, 5.74) is 7.88. The van der Waals surface area contributed by atoms with Crippen molar-refractivity contribution < 1.29 is 4.74 Å². The number of rotatable bonds is 8. The van der Waals surface area contributed by atoms with Crippen molar-refractivity contribution in [2.45, 2.75) is 6.54 Å². The van der Waals surface area contributed by atoms with E-state index in [2.05, 4.69) is 67.4 Å². The van der Waals surface area contributed by atoms with Gasteiger partial charge < -0.3 is 20.3 Å². The second-order valence-electron chi connectivity index (χ2n) is 9.96. The fraction of sp³-hybridized carbons (Fsp3) is 0.156. The van der Waals surface area contributed by atoms with Crippen LogP contribution in [0.25, 0.3) is 27.6 Å². The molecule has 1 aliphatic rings. The predicted molar refractivity (Wildman–Crippen MR) is 171 cm³/mol. The molecule has 10 heteroatoms. The Bertz CT molecular complexity index is 1810. The van der Waals surface area contributed by atoms with Crippen molar-refractivity contribution in [3.8, 4) is 22.6 Å². The number of aromatic nitrogens is 4. The molecule has 0 atom stereocenters. The van der Waals surface area contributed by atoms with Gasteiger partial charge in [0.1, 0.15) is 5.69 Å². The molecule has 3 aromatic carbocycles. The average molecular weight is 594 g/mol. The van der Waals surface area contributed by atoms with Crippen molar-refractivity contribution in [2.24, 2.45) is 0 Å². The van der Waals surface area contributed by atoms with Crippen LogP contribution >= 0.6 is 22.9 Å². The van der Waals surface area contributed by atoms with Crippen molar-refractivity contribution >= 4 is 50.9 Å². The van der Waals surface area contributed by atoms with Crippen LogP contribution in [0.3, 0.4) is 0 Å². The van der Waals surface area contributed by atoms with E-state index in [0.717, 1.165) is 75.9 Å². The molecule has 0 saturated carbocycles. The number of hydrogen-bond acceptors (Lipinski definition) is 8. The number of nitrogens with one attached hydrogen (secondary N) is 2. The molecule has 3 aromatic heterocycles. The lowest BCUT2D eigenvalue weighted by atomic mass is 10.1. The van der Waals surface area contributed by atoms with Crippen molar-refractivity contribution in [3.63, 3.8) is 0 Å². The summed E-state index contributed by atoms with van der Waals surface area (Å²) in [5, 5.41) is 9.66.